The molecule has 1 saturated heterocycles. The van der Waals surface area contributed by atoms with Gasteiger partial charge in [0.25, 0.3) is 0 Å². The molecule has 0 spiro atoms. The molecule has 0 aromatic heterocycles. The second-order valence-electron chi connectivity index (χ2n) is 4.37. The lowest BCUT2D eigenvalue weighted by atomic mass is 10.3. The van der Waals surface area contributed by atoms with Gasteiger partial charge in [-0.2, -0.15) is 0 Å². The molecule has 2 N–H and O–H groups in total. The Morgan fingerprint density at radius 2 is 1.94 bits per heavy atom. The van der Waals surface area contributed by atoms with Gasteiger partial charge < -0.3 is 19.5 Å². The van der Waals surface area contributed by atoms with Gasteiger partial charge in [0.15, 0.2) is 0 Å². The second kappa shape index (κ2) is 8.79. The van der Waals surface area contributed by atoms with Gasteiger partial charge in [0.2, 0.25) is 0 Å². The highest BCUT2D eigenvalue weighted by Crippen LogP contribution is 1.95. The van der Waals surface area contributed by atoms with Crippen molar-refractivity contribution in [2.45, 2.75) is 6.10 Å². The van der Waals surface area contributed by atoms with Gasteiger partial charge >= 0.3 is 0 Å². The normalized spacial score (nSPS) is 20.6. The summed E-state index contributed by atoms with van der Waals surface area (Å²) in [6, 6.07) is 0. The molecule has 0 amide bonds. The first-order chi connectivity index (χ1) is 8.22. The highest BCUT2D eigenvalue weighted by molar-refractivity contribution is 4.67. The number of aliphatic hydroxyl groups is 1. The number of hydrogen-bond acceptors (Lipinski definition) is 6. The smallest absolute Gasteiger partial charge is 0.0911 e. The zero-order valence-corrected chi connectivity index (χ0v) is 10.9. The Bertz CT molecular complexity index is 187. The van der Waals surface area contributed by atoms with Crippen LogP contribution in [0.1, 0.15) is 0 Å². The Labute approximate surface area is 103 Å². The molecule has 0 aliphatic carbocycles. The Balaban J connectivity index is 1.97. The molecule has 1 heterocycles. The number of methoxy groups -OCH3 is 1. The van der Waals surface area contributed by atoms with E-state index in [0.29, 0.717) is 26.4 Å². The minimum absolute atomic E-state index is 0.351. The van der Waals surface area contributed by atoms with E-state index in [9.17, 15) is 5.11 Å². The van der Waals surface area contributed by atoms with Crippen LogP contribution in [0.5, 0.6) is 0 Å². The molecule has 6 nitrogen and oxygen atoms in total. The zero-order chi connectivity index (χ0) is 12.5. The third-order valence-corrected chi connectivity index (χ3v) is 2.80. The molecule has 0 bridgehead atoms. The third-order valence-electron chi connectivity index (χ3n) is 2.80. The Kier molecular flexibility index (Phi) is 7.67. The van der Waals surface area contributed by atoms with Gasteiger partial charge in [-0.15, -0.1) is 0 Å². The van der Waals surface area contributed by atoms with Crippen LogP contribution >= 0.6 is 0 Å². The number of hydrazine groups is 1. The van der Waals surface area contributed by atoms with Gasteiger partial charge in [0, 0.05) is 39.8 Å². The number of piperazine rings is 1. The number of rotatable bonds is 8. The molecular weight excluding hydrogens is 222 g/mol. The van der Waals surface area contributed by atoms with E-state index in [-0.39, 0.29) is 0 Å². The number of hydrogen-bond donors (Lipinski definition) is 2. The van der Waals surface area contributed by atoms with E-state index in [2.05, 4.69) is 22.4 Å². The summed E-state index contributed by atoms with van der Waals surface area (Å²) in [6.45, 7) is 6.10. The molecule has 1 unspecified atom stereocenters. The van der Waals surface area contributed by atoms with Gasteiger partial charge in [0.05, 0.1) is 25.9 Å². The molecule has 1 aliphatic heterocycles. The first-order valence-electron chi connectivity index (χ1n) is 6.14. The topological polar surface area (TPSA) is 57.2 Å². The average molecular weight is 247 g/mol. The predicted octanol–water partition coefficient (Wildman–Crippen LogP) is -1.24. The monoisotopic (exact) mass is 247 g/mol. The van der Waals surface area contributed by atoms with Gasteiger partial charge in [-0.25, -0.2) is 5.01 Å². The van der Waals surface area contributed by atoms with Crippen LogP contribution in [-0.4, -0.2) is 87.8 Å². The van der Waals surface area contributed by atoms with Crippen molar-refractivity contribution < 1.29 is 14.6 Å². The van der Waals surface area contributed by atoms with Crippen molar-refractivity contribution in [3.05, 3.63) is 0 Å². The van der Waals surface area contributed by atoms with Gasteiger partial charge in [-0.05, 0) is 7.05 Å². The van der Waals surface area contributed by atoms with Gasteiger partial charge in [-0.1, -0.05) is 0 Å². The molecule has 0 saturated carbocycles. The van der Waals surface area contributed by atoms with Gasteiger partial charge in [-0.3, -0.25) is 5.43 Å². The Morgan fingerprint density at radius 1 is 1.24 bits per heavy atom. The zero-order valence-electron chi connectivity index (χ0n) is 10.9. The fraction of sp³-hybridized carbons (Fsp3) is 1.00. The summed E-state index contributed by atoms with van der Waals surface area (Å²) in [5, 5.41) is 11.8. The van der Waals surface area contributed by atoms with Crippen LogP contribution in [-0.2, 0) is 9.47 Å². The fourth-order valence-corrected chi connectivity index (χ4v) is 1.62. The molecule has 0 radical (unpaired) electrons. The van der Waals surface area contributed by atoms with Crippen LogP contribution in [0.15, 0.2) is 0 Å². The largest absolute Gasteiger partial charge is 0.389 e. The van der Waals surface area contributed by atoms with E-state index in [0.717, 1.165) is 26.2 Å². The van der Waals surface area contributed by atoms with Crippen LogP contribution in [0.25, 0.3) is 0 Å². The van der Waals surface area contributed by atoms with Crippen LogP contribution in [0.3, 0.4) is 0 Å². The number of nitrogens with zero attached hydrogens (tertiary/aromatic N) is 2. The quantitative estimate of drug-likeness (QED) is 0.523. The molecular formula is C11H25N3O3. The standard InChI is InChI=1S/C11H25N3O3/c1-13-3-5-14(6-4-13)12-9-11(15)10-17-8-7-16-2/h11-12,15H,3-10H2,1-2H3. The minimum atomic E-state index is -0.466. The lowest BCUT2D eigenvalue weighted by Crippen LogP contribution is -2.52. The molecule has 1 aliphatic rings. The Morgan fingerprint density at radius 3 is 2.59 bits per heavy atom. The fourth-order valence-electron chi connectivity index (χ4n) is 1.62. The average Bonchev–Trinajstić information content (AvgIpc) is 2.34. The first-order valence-corrected chi connectivity index (χ1v) is 6.14. The van der Waals surface area contributed by atoms with E-state index in [1.54, 1.807) is 7.11 Å². The van der Waals surface area contributed by atoms with Gasteiger partial charge in [0.1, 0.15) is 0 Å². The molecule has 102 valence electrons. The number of nitrogens with one attached hydrogen (secondary N) is 1. The highest BCUT2D eigenvalue weighted by Gasteiger charge is 2.14. The minimum Gasteiger partial charge on any atom is -0.389 e. The Hall–Kier alpha value is -0.240. The molecule has 0 aromatic carbocycles. The third kappa shape index (κ3) is 6.92. The summed E-state index contributed by atoms with van der Waals surface area (Å²) in [5.41, 5.74) is 3.23. The van der Waals surface area contributed by atoms with E-state index in [1.807, 2.05) is 0 Å². The molecule has 1 fully saturated rings. The molecule has 17 heavy (non-hydrogen) atoms. The number of ether oxygens (including phenoxy) is 2. The number of aliphatic hydroxyl groups excluding tert-OH is 1. The highest BCUT2D eigenvalue weighted by atomic mass is 16.5. The summed E-state index contributed by atoms with van der Waals surface area (Å²) in [7, 11) is 3.75. The van der Waals surface area contributed by atoms with Crippen molar-refractivity contribution in [2.75, 3.05) is 66.7 Å². The summed E-state index contributed by atoms with van der Waals surface area (Å²) in [6.07, 6.45) is -0.466. The first kappa shape index (κ1) is 14.8. The maximum absolute atomic E-state index is 9.67. The summed E-state index contributed by atoms with van der Waals surface area (Å²) >= 11 is 0. The van der Waals surface area contributed by atoms with Crippen molar-refractivity contribution in [3.63, 3.8) is 0 Å². The van der Waals surface area contributed by atoms with Crippen molar-refractivity contribution >= 4 is 0 Å². The van der Waals surface area contributed by atoms with Crippen molar-refractivity contribution in [1.29, 1.82) is 0 Å². The SMILES string of the molecule is COCCOCC(O)CNN1CCN(C)CC1. The lowest BCUT2D eigenvalue weighted by Gasteiger charge is -2.33. The van der Waals surface area contributed by atoms with Crippen LogP contribution in [0.4, 0.5) is 0 Å². The molecule has 0 aromatic rings. The van der Waals surface area contributed by atoms with Crippen LogP contribution in [0.2, 0.25) is 0 Å². The summed E-state index contributed by atoms with van der Waals surface area (Å²) < 4.78 is 10.1. The number of likely N-dealkylation sites (N-methyl/N-ethyl adjacent to an activating group) is 1. The maximum atomic E-state index is 9.67. The van der Waals surface area contributed by atoms with Crippen molar-refractivity contribution in [1.82, 2.24) is 15.3 Å². The summed E-state index contributed by atoms with van der Waals surface area (Å²) in [4.78, 5) is 2.29. The van der Waals surface area contributed by atoms with E-state index >= 15 is 0 Å². The van der Waals surface area contributed by atoms with Crippen LogP contribution in [0, 0.1) is 0 Å². The van der Waals surface area contributed by atoms with Crippen molar-refractivity contribution in [3.8, 4) is 0 Å². The second-order valence-corrected chi connectivity index (χ2v) is 4.37. The lowest BCUT2D eigenvalue weighted by molar-refractivity contribution is 0.00133. The van der Waals surface area contributed by atoms with Crippen LogP contribution < -0.4 is 5.43 Å². The molecule has 1 atom stereocenters. The molecule has 6 heteroatoms. The summed E-state index contributed by atoms with van der Waals surface area (Å²) in [5.74, 6) is 0. The van der Waals surface area contributed by atoms with Crippen molar-refractivity contribution in [2.24, 2.45) is 0 Å². The maximum Gasteiger partial charge on any atom is 0.0911 e. The van der Waals surface area contributed by atoms with E-state index < -0.39 is 6.10 Å². The van der Waals surface area contributed by atoms with E-state index in [4.69, 9.17) is 9.47 Å². The predicted molar refractivity (Wildman–Crippen MR) is 65.8 cm³/mol. The molecule has 1 rings (SSSR count). The van der Waals surface area contributed by atoms with E-state index in [1.165, 1.54) is 0 Å².